The summed E-state index contributed by atoms with van der Waals surface area (Å²) >= 11 is 0. The highest BCUT2D eigenvalue weighted by Gasteiger charge is 2.28. The monoisotopic (exact) mass is 499 g/mol. The van der Waals surface area contributed by atoms with Crippen molar-refractivity contribution in [3.05, 3.63) is 71.7 Å². The van der Waals surface area contributed by atoms with Crippen molar-refractivity contribution < 1.29 is 4.74 Å². The molecule has 10 heteroatoms. The van der Waals surface area contributed by atoms with E-state index >= 15 is 0 Å². The highest BCUT2D eigenvalue weighted by Crippen LogP contribution is 2.34. The molecule has 0 bridgehead atoms. The van der Waals surface area contributed by atoms with E-state index in [1.165, 1.54) is 0 Å². The molecule has 0 saturated carbocycles. The normalized spacial score (nSPS) is 14.5. The Labute approximate surface area is 216 Å². The minimum atomic E-state index is 0.372. The molecular formula is C27H33N9O. The minimum absolute atomic E-state index is 0.372. The Bertz CT molecular complexity index is 1470. The molecule has 0 amide bonds. The third kappa shape index (κ3) is 5.05. The Morgan fingerprint density at radius 3 is 2.86 bits per heavy atom. The van der Waals surface area contributed by atoms with E-state index in [4.69, 9.17) is 20.2 Å². The third-order valence-corrected chi connectivity index (χ3v) is 6.50. The van der Waals surface area contributed by atoms with Gasteiger partial charge in [-0.05, 0) is 52.1 Å². The van der Waals surface area contributed by atoms with Gasteiger partial charge in [0.2, 0.25) is 0 Å². The summed E-state index contributed by atoms with van der Waals surface area (Å²) in [7, 11) is 4.08. The van der Waals surface area contributed by atoms with Crippen molar-refractivity contribution in [2.75, 3.05) is 39.1 Å². The summed E-state index contributed by atoms with van der Waals surface area (Å²) in [6.07, 6.45) is 10.1. The topological polar surface area (TPSA) is 112 Å². The number of aromatic amines is 1. The summed E-state index contributed by atoms with van der Waals surface area (Å²) in [6, 6.07) is 5.90. The highest BCUT2D eigenvalue weighted by molar-refractivity contribution is 6.54. The first kappa shape index (κ1) is 24.5. The first-order valence-electron chi connectivity index (χ1n) is 12.5. The number of hydrogen-bond acceptors (Lipinski definition) is 7. The zero-order valence-electron chi connectivity index (χ0n) is 21.7. The van der Waals surface area contributed by atoms with E-state index in [0.717, 1.165) is 54.1 Å². The van der Waals surface area contributed by atoms with Crippen LogP contribution >= 0.6 is 0 Å². The van der Waals surface area contributed by atoms with Gasteiger partial charge < -0.3 is 24.5 Å². The van der Waals surface area contributed by atoms with Gasteiger partial charge in [0.25, 0.3) is 0 Å². The van der Waals surface area contributed by atoms with Gasteiger partial charge in [-0.3, -0.25) is 5.41 Å². The maximum Gasteiger partial charge on any atom is 0.175 e. The molecule has 0 atom stereocenters. The van der Waals surface area contributed by atoms with Gasteiger partial charge in [0, 0.05) is 55.6 Å². The van der Waals surface area contributed by atoms with Crippen LogP contribution in [0.3, 0.4) is 0 Å². The molecule has 0 spiro atoms. The van der Waals surface area contributed by atoms with E-state index in [2.05, 4.69) is 20.2 Å². The fourth-order valence-corrected chi connectivity index (χ4v) is 4.40. The second kappa shape index (κ2) is 10.4. The molecule has 4 heterocycles. The van der Waals surface area contributed by atoms with E-state index in [1.807, 2.05) is 80.0 Å². The summed E-state index contributed by atoms with van der Waals surface area (Å²) in [4.78, 5) is 14.6. The van der Waals surface area contributed by atoms with Crippen LogP contribution in [0.25, 0.3) is 11.3 Å². The molecule has 5 rings (SSSR count). The van der Waals surface area contributed by atoms with E-state index in [9.17, 15) is 0 Å². The molecule has 1 aliphatic rings. The molecule has 192 valence electrons. The van der Waals surface area contributed by atoms with Crippen molar-refractivity contribution in [2.24, 2.45) is 4.99 Å². The highest BCUT2D eigenvalue weighted by atomic mass is 16.5. The number of likely N-dealkylation sites (N-methyl/N-ethyl adjacent to an activating group) is 1. The molecule has 4 aromatic heterocycles. The predicted molar refractivity (Wildman–Crippen MR) is 147 cm³/mol. The molecule has 3 N–H and O–H groups in total. The average Bonchev–Trinajstić information content (AvgIpc) is 3.58. The van der Waals surface area contributed by atoms with Crippen LogP contribution in [0.1, 0.15) is 28.9 Å². The van der Waals surface area contributed by atoms with Crippen LogP contribution in [0.4, 0.5) is 11.5 Å². The second-order valence-electron chi connectivity index (χ2n) is 9.47. The molecular weight excluding hydrogens is 466 g/mol. The van der Waals surface area contributed by atoms with Crippen LogP contribution < -0.4 is 5.32 Å². The maximum absolute atomic E-state index is 9.04. The van der Waals surface area contributed by atoms with E-state index in [0.29, 0.717) is 35.3 Å². The number of aryl methyl sites for hydroxylation is 2. The number of imidazole rings is 1. The minimum Gasteiger partial charge on any atom is -0.491 e. The van der Waals surface area contributed by atoms with E-state index < -0.39 is 0 Å². The van der Waals surface area contributed by atoms with Gasteiger partial charge in [-0.2, -0.15) is 0 Å². The summed E-state index contributed by atoms with van der Waals surface area (Å²) in [5.41, 5.74) is 6.23. The molecule has 0 saturated heterocycles. The van der Waals surface area contributed by atoms with Crippen molar-refractivity contribution in [1.82, 2.24) is 29.0 Å². The number of fused-ring (bicyclic) bond motifs is 2. The Kier molecular flexibility index (Phi) is 6.91. The number of pyridine rings is 1. The Morgan fingerprint density at radius 2 is 2.08 bits per heavy atom. The number of H-pyrrole nitrogens is 1. The Morgan fingerprint density at radius 1 is 1.22 bits per heavy atom. The fraction of sp³-hybridized carbons (Fsp3) is 0.333. The summed E-state index contributed by atoms with van der Waals surface area (Å²) in [5, 5.41) is 17.2. The smallest absolute Gasteiger partial charge is 0.175 e. The van der Waals surface area contributed by atoms with Gasteiger partial charge in [0.05, 0.1) is 35.6 Å². The predicted octanol–water partition coefficient (Wildman–Crippen LogP) is 4.05. The Balaban J connectivity index is 1.49. The zero-order valence-corrected chi connectivity index (χ0v) is 21.7. The largest absolute Gasteiger partial charge is 0.491 e. The van der Waals surface area contributed by atoms with Crippen molar-refractivity contribution in [1.29, 1.82) is 5.41 Å². The van der Waals surface area contributed by atoms with Crippen LogP contribution in [0, 0.1) is 19.3 Å². The third-order valence-electron chi connectivity index (χ3n) is 6.50. The van der Waals surface area contributed by atoms with Crippen LogP contribution in [0.2, 0.25) is 0 Å². The number of anilines is 1. The summed E-state index contributed by atoms with van der Waals surface area (Å²) in [5.74, 6) is 1.39. The number of aliphatic imine (C=N–C) groups is 1. The lowest BCUT2D eigenvalue weighted by molar-refractivity contribution is 0.263. The van der Waals surface area contributed by atoms with Gasteiger partial charge in [-0.15, -0.1) is 5.10 Å². The van der Waals surface area contributed by atoms with Crippen molar-refractivity contribution in [2.45, 2.75) is 26.8 Å². The molecule has 0 radical (unpaired) electrons. The van der Waals surface area contributed by atoms with E-state index in [-0.39, 0.29) is 0 Å². The summed E-state index contributed by atoms with van der Waals surface area (Å²) in [6.45, 7) is 7.00. The van der Waals surface area contributed by atoms with Crippen LogP contribution in [0.5, 0.6) is 0 Å². The van der Waals surface area contributed by atoms with Gasteiger partial charge in [0.15, 0.2) is 5.82 Å². The van der Waals surface area contributed by atoms with Crippen molar-refractivity contribution in [3.8, 4) is 0 Å². The maximum atomic E-state index is 9.04. The first-order chi connectivity index (χ1) is 17.9. The second-order valence-corrected chi connectivity index (χ2v) is 9.47. The van der Waals surface area contributed by atoms with Crippen LogP contribution in [-0.4, -0.2) is 74.3 Å². The number of nitrogens with zero attached hydrogens (tertiary/aromatic N) is 6. The van der Waals surface area contributed by atoms with Gasteiger partial charge in [-0.1, -0.05) is 6.07 Å². The molecule has 0 unspecified atom stereocenters. The van der Waals surface area contributed by atoms with Crippen molar-refractivity contribution >= 4 is 34.2 Å². The molecule has 0 aromatic carbocycles. The molecule has 0 fully saturated rings. The van der Waals surface area contributed by atoms with Crippen LogP contribution in [-0.2, 0) is 11.3 Å². The average molecular weight is 500 g/mol. The zero-order chi connectivity index (χ0) is 25.9. The summed E-state index contributed by atoms with van der Waals surface area (Å²) < 4.78 is 10.1. The van der Waals surface area contributed by atoms with E-state index in [1.54, 1.807) is 6.20 Å². The SMILES string of the molecule is Cc1[nH]c2c(c1C)C(=N)C(=Nc1c(NCCN(C)C)nn3ccccc13)C=C2OCCCn1ccnc1. The fourth-order valence-electron chi connectivity index (χ4n) is 4.40. The van der Waals surface area contributed by atoms with Crippen molar-refractivity contribution in [3.63, 3.8) is 0 Å². The quantitative estimate of drug-likeness (QED) is 0.285. The molecule has 1 aliphatic carbocycles. The lowest BCUT2D eigenvalue weighted by Gasteiger charge is -2.18. The number of aromatic nitrogens is 5. The first-order valence-corrected chi connectivity index (χ1v) is 12.5. The van der Waals surface area contributed by atoms with Crippen LogP contribution in [0.15, 0.2) is 54.2 Å². The Hall–Kier alpha value is -4.18. The number of hydrogen-bond donors (Lipinski definition) is 3. The molecule has 4 aromatic rings. The number of nitrogens with one attached hydrogen (secondary N) is 3. The van der Waals surface area contributed by atoms with Gasteiger partial charge in [0.1, 0.15) is 11.4 Å². The molecule has 37 heavy (non-hydrogen) atoms. The molecule has 0 aliphatic heterocycles. The lowest BCUT2D eigenvalue weighted by atomic mass is 9.95. The van der Waals surface area contributed by atoms with Gasteiger partial charge >= 0.3 is 0 Å². The molecule has 10 nitrogen and oxygen atoms in total. The van der Waals surface area contributed by atoms with Gasteiger partial charge in [-0.25, -0.2) is 14.5 Å². The lowest BCUT2D eigenvalue weighted by Crippen LogP contribution is -2.21. The number of rotatable bonds is 10. The number of ether oxygens (including phenoxy) is 1. The standard InChI is InChI=1S/C27H33N9O/c1-18-19(2)31-26-22(37-15-7-11-35-14-9-29-17-35)16-20(24(28)23(18)26)32-25-21-8-5-6-12-36(21)33-27(25)30-10-13-34(3)4/h5-6,8-9,12,14,16-17,28,31H,7,10-11,13,15H2,1-4H3,(H,30,33). The number of allylic oxidation sites excluding steroid dienone is 1.